The third-order valence-corrected chi connectivity index (χ3v) is 8.06. The van der Waals surface area contributed by atoms with Gasteiger partial charge in [-0.05, 0) is 66.8 Å². The third-order valence-electron chi connectivity index (χ3n) is 8.06. The van der Waals surface area contributed by atoms with Crippen LogP contribution in [0.5, 0.6) is 0 Å². The summed E-state index contributed by atoms with van der Waals surface area (Å²) in [6.07, 6.45) is 5.67. The predicted molar refractivity (Wildman–Crippen MR) is 126 cm³/mol. The van der Waals surface area contributed by atoms with E-state index in [0.717, 1.165) is 51.1 Å². The van der Waals surface area contributed by atoms with Crippen molar-refractivity contribution >= 4 is 11.6 Å². The highest BCUT2D eigenvalue weighted by molar-refractivity contribution is 5.74. The SMILES string of the molecule is CC(=O)NC1CC2(CCC(N3CCN(c4ccc(C#N)c(F)c4)CC3)CC2)c2ccccc21. The normalized spacial score (nSPS) is 27.2. The molecule has 2 fully saturated rings. The summed E-state index contributed by atoms with van der Waals surface area (Å²) in [6, 6.07) is 16.2. The van der Waals surface area contributed by atoms with E-state index < -0.39 is 5.82 Å². The van der Waals surface area contributed by atoms with Gasteiger partial charge in [0.05, 0.1) is 11.6 Å². The highest BCUT2D eigenvalue weighted by Gasteiger charge is 2.46. The first-order valence-corrected chi connectivity index (χ1v) is 12.0. The average Bonchev–Trinajstić information content (AvgIpc) is 3.12. The minimum absolute atomic E-state index is 0.0422. The topological polar surface area (TPSA) is 59.4 Å². The molecule has 5 nitrogen and oxygen atoms in total. The van der Waals surface area contributed by atoms with Crippen molar-refractivity contribution in [2.45, 2.75) is 56.5 Å². The minimum Gasteiger partial charge on any atom is -0.369 e. The number of fused-ring (bicyclic) bond motifs is 2. The van der Waals surface area contributed by atoms with Crippen molar-refractivity contribution in [3.8, 4) is 6.07 Å². The second-order valence-electron chi connectivity index (χ2n) is 9.85. The van der Waals surface area contributed by atoms with Crippen molar-refractivity contribution in [1.29, 1.82) is 5.26 Å². The van der Waals surface area contributed by atoms with E-state index in [0.29, 0.717) is 6.04 Å². The quantitative estimate of drug-likeness (QED) is 0.765. The molecule has 1 aliphatic heterocycles. The van der Waals surface area contributed by atoms with Crippen LogP contribution in [0.25, 0.3) is 0 Å². The zero-order valence-electron chi connectivity index (χ0n) is 19.2. The molecule has 1 heterocycles. The van der Waals surface area contributed by atoms with Crippen molar-refractivity contribution < 1.29 is 9.18 Å². The molecule has 1 spiro atoms. The molecule has 1 atom stereocenters. The summed E-state index contributed by atoms with van der Waals surface area (Å²) in [4.78, 5) is 16.6. The molecule has 3 aliphatic rings. The monoisotopic (exact) mass is 446 g/mol. The van der Waals surface area contributed by atoms with Gasteiger partial charge in [0.2, 0.25) is 5.91 Å². The maximum absolute atomic E-state index is 14.0. The molecule has 6 heteroatoms. The summed E-state index contributed by atoms with van der Waals surface area (Å²) < 4.78 is 14.0. The molecule has 5 rings (SSSR count). The van der Waals surface area contributed by atoms with Gasteiger partial charge < -0.3 is 10.2 Å². The second kappa shape index (κ2) is 8.79. The molecular formula is C27H31FN4O. The number of nitrogens with zero attached hydrogens (tertiary/aromatic N) is 3. The number of benzene rings is 2. The van der Waals surface area contributed by atoms with E-state index in [1.165, 1.54) is 30.0 Å². The van der Waals surface area contributed by atoms with Crippen molar-refractivity contribution in [3.05, 3.63) is 65.0 Å². The number of amides is 1. The Morgan fingerprint density at radius 1 is 1.12 bits per heavy atom. The van der Waals surface area contributed by atoms with Gasteiger partial charge in [0.25, 0.3) is 0 Å². The van der Waals surface area contributed by atoms with Gasteiger partial charge in [-0.2, -0.15) is 5.26 Å². The van der Waals surface area contributed by atoms with Gasteiger partial charge in [-0.25, -0.2) is 4.39 Å². The second-order valence-corrected chi connectivity index (χ2v) is 9.85. The fourth-order valence-electron chi connectivity index (χ4n) is 6.40. The summed E-state index contributed by atoms with van der Waals surface area (Å²) in [6.45, 7) is 5.31. The molecule has 0 radical (unpaired) electrons. The van der Waals surface area contributed by atoms with Crippen LogP contribution in [0.1, 0.15) is 61.8 Å². The number of carbonyl (C=O) groups is 1. The first kappa shape index (κ1) is 21.9. The van der Waals surface area contributed by atoms with Crippen LogP contribution in [-0.2, 0) is 10.2 Å². The van der Waals surface area contributed by atoms with Crippen LogP contribution in [-0.4, -0.2) is 43.0 Å². The standard InChI is InChI=1S/C27H31FN4O/c1-19(33)30-26-17-27(24-5-3-2-4-23(24)26)10-8-21(9-11-27)31-12-14-32(15-13-31)22-7-6-20(18-29)25(28)16-22/h2-7,16,21,26H,8-15,17H2,1H3,(H,30,33). The number of halogens is 1. The van der Waals surface area contributed by atoms with E-state index in [2.05, 4.69) is 39.4 Å². The smallest absolute Gasteiger partial charge is 0.217 e. The van der Waals surface area contributed by atoms with E-state index in [1.54, 1.807) is 13.0 Å². The van der Waals surface area contributed by atoms with E-state index in [-0.39, 0.29) is 22.9 Å². The van der Waals surface area contributed by atoms with Gasteiger partial charge in [0, 0.05) is 44.8 Å². The van der Waals surface area contributed by atoms with Crippen LogP contribution in [0.3, 0.4) is 0 Å². The Morgan fingerprint density at radius 3 is 2.52 bits per heavy atom. The van der Waals surface area contributed by atoms with Gasteiger partial charge in [-0.3, -0.25) is 9.69 Å². The Labute approximate surface area is 195 Å². The maximum atomic E-state index is 14.0. The summed E-state index contributed by atoms with van der Waals surface area (Å²) in [7, 11) is 0. The molecule has 1 saturated carbocycles. The molecular weight excluding hydrogens is 415 g/mol. The van der Waals surface area contributed by atoms with Crippen molar-refractivity contribution in [2.24, 2.45) is 0 Å². The summed E-state index contributed by atoms with van der Waals surface area (Å²) >= 11 is 0. The van der Waals surface area contributed by atoms with Gasteiger partial charge >= 0.3 is 0 Å². The first-order valence-electron chi connectivity index (χ1n) is 12.0. The molecule has 2 aliphatic carbocycles. The highest BCUT2D eigenvalue weighted by Crippen LogP contribution is 2.53. The molecule has 2 aromatic rings. The number of piperazine rings is 1. The van der Waals surface area contributed by atoms with Crippen LogP contribution in [0.4, 0.5) is 10.1 Å². The number of hydrogen-bond acceptors (Lipinski definition) is 4. The Kier molecular flexibility index (Phi) is 5.84. The molecule has 33 heavy (non-hydrogen) atoms. The fourth-order valence-corrected chi connectivity index (χ4v) is 6.40. The zero-order chi connectivity index (χ0) is 23.0. The third kappa shape index (κ3) is 4.11. The van der Waals surface area contributed by atoms with Crippen LogP contribution < -0.4 is 10.2 Å². The fraction of sp³-hybridized carbons (Fsp3) is 0.481. The maximum Gasteiger partial charge on any atom is 0.217 e. The van der Waals surface area contributed by atoms with Gasteiger partial charge in [0.1, 0.15) is 11.9 Å². The Balaban J connectivity index is 1.21. The molecule has 2 aromatic carbocycles. The minimum atomic E-state index is -0.440. The average molecular weight is 447 g/mol. The van der Waals surface area contributed by atoms with Crippen LogP contribution in [0, 0.1) is 17.1 Å². The Bertz CT molecular complexity index is 1080. The number of anilines is 1. The molecule has 172 valence electrons. The summed E-state index contributed by atoms with van der Waals surface area (Å²) in [5.41, 5.74) is 3.88. The molecule has 1 amide bonds. The molecule has 0 aromatic heterocycles. The van der Waals surface area contributed by atoms with Crippen LogP contribution >= 0.6 is 0 Å². The lowest BCUT2D eigenvalue weighted by atomic mass is 9.68. The van der Waals surface area contributed by atoms with Gasteiger partial charge in [-0.1, -0.05) is 24.3 Å². The molecule has 0 bridgehead atoms. The molecule has 1 N–H and O–H groups in total. The first-order chi connectivity index (χ1) is 16.0. The molecule has 1 saturated heterocycles. The number of rotatable bonds is 3. The Morgan fingerprint density at radius 2 is 1.85 bits per heavy atom. The molecule has 1 unspecified atom stereocenters. The van der Waals surface area contributed by atoms with E-state index in [9.17, 15) is 9.18 Å². The lowest BCUT2D eigenvalue weighted by molar-refractivity contribution is -0.119. The van der Waals surface area contributed by atoms with Gasteiger partial charge in [-0.15, -0.1) is 0 Å². The lowest BCUT2D eigenvalue weighted by Crippen LogP contribution is -2.52. The zero-order valence-corrected chi connectivity index (χ0v) is 19.2. The van der Waals surface area contributed by atoms with E-state index >= 15 is 0 Å². The van der Waals surface area contributed by atoms with Crippen molar-refractivity contribution in [1.82, 2.24) is 10.2 Å². The summed E-state index contributed by atoms with van der Waals surface area (Å²) in [5.74, 6) is -0.398. The summed E-state index contributed by atoms with van der Waals surface area (Å²) in [5, 5.41) is 12.1. The van der Waals surface area contributed by atoms with Crippen LogP contribution in [0.15, 0.2) is 42.5 Å². The van der Waals surface area contributed by atoms with Gasteiger partial charge in [0.15, 0.2) is 0 Å². The van der Waals surface area contributed by atoms with Crippen molar-refractivity contribution in [2.75, 3.05) is 31.1 Å². The highest BCUT2D eigenvalue weighted by atomic mass is 19.1. The van der Waals surface area contributed by atoms with Crippen molar-refractivity contribution in [3.63, 3.8) is 0 Å². The number of hydrogen-bond donors (Lipinski definition) is 1. The predicted octanol–water partition coefficient (Wildman–Crippen LogP) is 4.28. The Hall–Kier alpha value is -2.91. The van der Waals surface area contributed by atoms with E-state index in [1.807, 2.05) is 12.1 Å². The number of carbonyl (C=O) groups excluding carboxylic acids is 1. The number of nitrogens with one attached hydrogen (secondary N) is 1. The van der Waals surface area contributed by atoms with E-state index in [4.69, 9.17) is 5.26 Å². The van der Waals surface area contributed by atoms with Crippen LogP contribution in [0.2, 0.25) is 0 Å². The lowest BCUT2D eigenvalue weighted by Gasteiger charge is -2.45. The largest absolute Gasteiger partial charge is 0.369 e. The number of nitriles is 1.